The Labute approximate surface area is 133 Å². The van der Waals surface area contributed by atoms with Crippen molar-refractivity contribution in [3.05, 3.63) is 0 Å². The molecule has 0 radical (unpaired) electrons. The minimum Gasteiger partial charge on any atom is -0.338 e. The van der Waals surface area contributed by atoms with E-state index in [1.165, 1.54) is 0 Å². The number of likely N-dealkylation sites (N-methyl/N-ethyl adjacent to an activating group) is 1. The number of piperazine rings is 1. The first-order chi connectivity index (χ1) is 10.5. The predicted octanol–water partition coefficient (Wildman–Crippen LogP) is -0.500. The van der Waals surface area contributed by atoms with Crippen LogP contribution in [0.2, 0.25) is 0 Å². The maximum absolute atomic E-state index is 11.7. The van der Waals surface area contributed by atoms with E-state index >= 15 is 0 Å². The third-order valence-corrected chi connectivity index (χ3v) is 6.18. The molecule has 2 heterocycles. The molecule has 0 aromatic rings. The number of sulfone groups is 1. The molecular formula is C14H28N4O3S. The Morgan fingerprint density at radius 3 is 2.45 bits per heavy atom. The van der Waals surface area contributed by atoms with E-state index < -0.39 is 9.84 Å². The Hall–Kier alpha value is -0.860. The molecule has 0 aliphatic carbocycles. The molecule has 8 heteroatoms. The zero-order valence-corrected chi connectivity index (χ0v) is 14.2. The van der Waals surface area contributed by atoms with Gasteiger partial charge in [-0.2, -0.15) is 0 Å². The minimum atomic E-state index is -2.94. The summed E-state index contributed by atoms with van der Waals surface area (Å²) in [5, 5.41) is 5.55. The molecule has 2 N–H and O–H groups in total. The summed E-state index contributed by atoms with van der Waals surface area (Å²) in [5.74, 6) is 0.254. The van der Waals surface area contributed by atoms with Crippen molar-refractivity contribution in [3.63, 3.8) is 0 Å². The van der Waals surface area contributed by atoms with E-state index in [0.717, 1.165) is 45.7 Å². The first-order valence-corrected chi connectivity index (χ1v) is 10.00. The van der Waals surface area contributed by atoms with Crippen LogP contribution in [0, 0.1) is 0 Å². The second kappa shape index (κ2) is 8.12. The van der Waals surface area contributed by atoms with Crippen molar-refractivity contribution in [2.45, 2.75) is 25.8 Å². The van der Waals surface area contributed by atoms with E-state index in [2.05, 4.69) is 27.4 Å². The van der Waals surface area contributed by atoms with Crippen molar-refractivity contribution >= 4 is 15.9 Å². The summed E-state index contributed by atoms with van der Waals surface area (Å²) >= 11 is 0. The van der Waals surface area contributed by atoms with E-state index in [1.807, 2.05) is 0 Å². The van der Waals surface area contributed by atoms with Crippen LogP contribution in [-0.2, 0) is 9.84 Å². The van der Waals surface area contributed by atoms with Crippen LogP contribution in [0.25, 0.3) is 0 Å². The van der Waals surface area contributed by atoms with Gasteiger partial charge in [-0.25, -0.2) is 13.2 Å². The number of hydrogen-bond donors (Lipinski definition) is 2. The fourth-order valence-electron chi connectivity index (χ4n) is 2.98. The van der Waals surface area contributed by atoms with Gasteiger partial charge in [0.25, 0.3) is 0 Å². The van der Waals surface area contributed by atoms with Crippen LogP contribution in [0.5, 0.6) is 0 Å². The largest absolute Gasteiger partial charge is 0.338 e. The molecule has 2 aliphatic rings. The molecule has 2 amide bonds. The number of rotatable bonds is 6. The summed E-state index contributed by atoms with van der Waals surface area (Å²) in [4.78, 5) is 16.6. The fraction of sp³-hybridized carbons (Fsp3) is 0.929. The standard InChI is InChI=1S/C14H28N4O3S/c1-2-17-7-9-18(10-8-17)6-3-5-15-14(19)16-13-4-11-22(20,21)12-13/h13H,2-12H2,1H3,(H2,15,16,19)/t13-/m0/s1. The average Bonchev–Trinajstić information content (AvgIpc) is 2.83. The van der Waals surface area contributed by atoms with Crippen LogP contribution in [0.1, 0.15) is 19.8 Å². The average molecular weight is 332 g/mol. The lowest BCUT2D eigenvalue weighted by Crippen LogP contribution is -2.47. The lowest BCUT2D eigenvalue weighted by molar-refractivity contribution is 0.136. The molecule has 0 bridgehead atoms. The van der Waals surface area contributed by atoms with Crippen molar-refractivity contribution in [1.29, 1.82) is 0 Å². The van der Waals surface area contributed by atoms with Crippen LogP contribution >= 0.6 is 0 Å². The van der Waals surface area contributed by atoms with Gasteiger partial charge in [0.1, 0.15) is 0 Å². The van der Waals surface area contributed by atoms with Crippen molar-refractivity contribution in [2.75, 3.05) is 57.3 Å². The van der Waals surface area contributed by atoms with E-state index in [1.54, 1.807) is 0 Å². The molecule has 0 spiro atoms. The summed E-state index contributed by atoms with van der Waals surface area (Å²) in [7, 11) is -2.94. The van der Waals surface area contributed by atoms with E-state index in [9.17, 15) is 13.2 Å². The number of carbonyl (C=O) groups excluding carboxylic acids is 1. The molecule has 2 fully saturated rings. The second-order valence-corrected chi connectivity index (χ2v) is 8.36. The van der Waals surface area contributed by atoms with Gasteiger partial charge in [0.15, 0.2) is 9.84 Å². The van der Waals surface area contributed by atoms with Crippen LogP contribution < -0.4 is 10.6 Å². The first kappa shape index (κ1) is 17.5. The number of hydrogen-bond acceptors (Lipinski definition) is 5. The highest BCUT2D eigenvalue weighted by molar-refractivity contribution is 7.91. The highest BCUT2D eigenvalue weighted by Crippen LogP contribution is 2.10. The zero-order chi connectivity index (χ0) is 16.0. The minimum absolute atomic E-state index is 0.0716. The van der Waals surface area contributed by atoms with Crippen molar-refractivity contribution in [2.24, 2.45) is 0 Å². The maximum Gasteiger partial charge on any atom is 0.315 e. The van der Waals surface area contributed by atoms with Gasteiger partial charge in [0, 0.05) is 38.8 Å². The Kier molecular flexibility index (Phi) is 6.46. The highest BCUT2D eigenvalue weighted by Gasteiger charge is 2.28. The molecule has 0 aromatic heterocycles. The monoisotopic (exact) mass is 332 g/mol. The molecule has 1 atom stereocenters. The molecular weight excluding hydrogens is 304 g/mol. The zero-order valence-electron chi connectivity index (χ0n) is 13.4. The normalized spacial score (nSPS) is 26.0. The van der Waals surface area contributed by atoms with Crippen LogP contribution in [0.4, 0.5) is 4.79 Å². The van der Waals surface area contributed by atoms with Crippen LogP contribution in [-0.4, -0.2) is 87.6 Å². The van der Waals surface area contributed by atoms with E-state index in [-0.39, 0.29) is 23.6 Å². The van der Waals surface area contributed by atoms with E-state index in [4.69, 9.17) is 0 Å². The molecule has 0 saturated carbocycles. The summed E-state index contributed by atoms with van der Waals surface area (Å²) in [6.45, 7) is 9.37. The first-order valence-electron chi connectivity index (χ1n) is 8.18. The molecule has 128 valence electrons. The lowest BCUT2D eigenvalue weighted by Gasteiger charge is -2.33. The van der Waals surface area contributed by atoms with Gasteiger partial charge in [-0.05, 0) is 25.9 Å². The SMILES string of the molecule is CCN1CCN(CCCNC(=O)N[C@H]2CCS(=O)(=O)C2)CC1. The predicted molar refractivity (Wildman–Crippen MR) is 86.8 cm³/mol. The number of nitrogens with one attached hydrogen (secondary N) is 2. The number of carbonyl (C=O) groups is 1. The molecule has 22 heavy (non-hydrogen) atoms. The van der Waals surface area contributed by atoms with Crippen LogP contribution in [0.15, 0.2) is 0 Å². The van der Waals surface area contributed by atoms with Gasteiger partial charge >= 0.3 is 6.03 Å². The summed E-state index contributed by atoms with van der Waals surface area (Å²) in [5.41, 5.74) is 0. The van der Waals surface area contributed by atoms with E-state index in [0.29, 0.717) is 13.0 Å². The van der Waals surface area contributed by atoms with Gasteiger partial charge in [0.2, 0.25) is 0 Å². The van der Waals surface area contributed by atoms with Crippen molar-refractivity contribution < 1.29 is 13.2 Å². The molecule has 2 saturated heterocycles. The van der Waals surface area contributed by atoms with Gasteiger partial charge in [-0.3, -0.25) is 0 Å². The van der Waals surface area contributed by atoms with Crippen molar-refractivity contribution in [1.82, 2.24) is 20.4 Å². The number of amides is 2. The van der Waals surface area contributed by atoms with Gasteiger partial charge in [-0.1, -0.05) is 6.92 Å². The molecule has 7 nitrogen and oxygen atoms in total. The van der Waals surface area contributed by atoms with Crippen molar-refractivity contribution in [3.8, 4) is 0 Å². The molecule has 0 aromatic carbocycles. The maximum atomic E-state index is 11.7. The van der Waals surface area contributed by atoms with Crippen LogP contribution in [0.3, 0.4) is 0 Å². The Balaban J connectivity index is 1.53. The molecule has 2 rings (SSSR count). The third kappa shape index (κ3) is 5.73. The van der Waals surface area contributed by atoms with Gasteiger partial charge in [0.05, 0.1) is 11.5 Å². The smallest absolute Gasteiger partial charge is 0.315 e. The fourth-order valence-corrected chi connectivity index (χ4v) is 4.65. The number of nitrogens with zero attached hydrogens (tertiary/aromatic N) is 2. The quantitative estimate of drug-likeness (QED) is 0.641. The van der Waals surface area contributed by atoms with Gasteiger partial charge in [-0.15, -0.1) is 0 Å². The highest BCUT2D eigenvalue weighted by atomic mass is 32.2. The number of urea groups is 1. The molecule has 2 aliphatic heterocycles. The summed E-state index contributed by atoms with van der Waals surface area (Å²) in [6.07, 6.45) is 1.44. The second-order valence-electron chi connectivity index (χ2n) is 6.13. The molecule has 0 unspecified atom stereocenters. The topological polar surface area (TPSA) is 81.8 Å². The lowest BCUT2D eigenvalue weighted by atomic mass is 10.3. The Morgan fingerprint density at radius 1 is 1.18 bits per heavy atom. The van der Waals surface area contributed by atoms with Gasteiger partial charge < -0.3 is 20.4 Å². The summed E-state index contributed by atoms with van der Waals surface area (Å²) < 4.78 is 22.6. The third-order valence-electron chi connectivity index (χ3n) is 4.42. The Morgan fingerprint density at radius 2 is 1.86 bits per heavy atom. The summed E-state index contributed by atoms with van der Waals surface area (Å²) in [6, 6.07) is -0.481. The Bertz CT molecular complexity index is 461.